The summed E-state index contributed by atoms with van der Waals surface area (Å²) in [5.41, 5.74) is 0.874. The van der Waals surface area contributed by atoms with Gasteiger partial charge in [-0.15, -0.1) is 0 Å². The molecule has 2 aromatic rings. The van der Waals surface area contributed by atoms with Crippen LogP contribution in [0.15, 0.2) is 47.4 Å². The van der Waals surface area contributed by atoms with Crippen LogP contribution in [0.2, 0.25) is 0 Å². The van der Waals surface area contributed by atoms with Gasteiger partial charge in [0.25, 0.3) is 11.6 Å². The summed E-state index contributed by atoms with van der Waals surface area (Å²) in [5, 5.41) is 16.6. The molecule has 1 aliphatic rings. The summed E-state index contributed by atoms with van der Waals surface area (Å²) in [5.74, 6) is -1.20. The van der Waals surface area contributed by atoms with E-state index in [1.165, 1.54) is 0 Å². The number of anilines is 2. The number of nitro groups is 1. The molecule has 0 aliphatic carbocycles. The van der Waals surface area contributed by atoms with Crippen molar-refractivity contribution in [3.63, 3.8) is 0 Å². The van der Waals surface area contributed by atoms with Crippen molar-refractivity contribution in [3.8, 4) is 0 Å². The number of hydrogen-bond acceptors (Lipinski definition) is 7. The predicted octanol–water partition coefficient (Wildman–Crippen LogP) is 3.14. The van der Waals surface area contributed by atoms with Crippen LogP contribution in [0.4, 0.5) is 17.1 Å². The van der Waals surface area contributed by atoms with Gasteiger partial charge < -0.3 is 15.5 Å². The average molecular weight is 489 g/mol. The maximum Gasteiger partial charge on any atom is 0.271 e. The third-order valence-corrected chi connectivity index (χ3v) is 6.67. The predicted molar refractivity (Wildman–Crippen MR) is 129 cm³/mol. The molecular weight excluding hydrogens is 460 g/mol. The van der Waals surface area contributed by atoms with Crippen LogP contribution in [0.1, 0.15) is 43.0 Å². The van der Waals surface area contributed by atoms with E-state index in [2.05, 4.69) is 15.5 Å². The molecule has 0 radical (unpaired) electrons. The molecule has 1 atom stereocenters. The minimum atomic E-state index is -3.79. The molecule has 1 unspecified atom stereocenters. The van der Waals surface area contributed by atoms with Crippen LogP contribution >= 0.6 is 0 Å². The Morgan fingerprint density at radius 1 is 1.15 bits per heavy atom. The summed E-state index contributed by atoms with van der Waals surface area (Å²) in [6, 6.07) is 9.53. The van der Waals surface area contributed by atoms with Gasteiger partial charge in [0.05, 0.1) is 9.82 Å². The number of nitrogens with one attached hydrogen (secondary N) is 2. The number of nitro benzene ring substituents is 1. The second-order valence-electron chi connectivity index (χ2n) is 8.29. The lowest BCUT2D eigenvalue weighted by Crippen LogP contribution is -2.43. The van der Waals surface area contributed by atoms with Crippen molar-refractivity contribution < 1.29 is 22.9 Å². The summed E-state index contributed by atoms with van der Waals surface area (Å²) < 4.78 is 23.8. The number of sulfone groups is 1. The molecule has 0 aromatic heterocycles. The van der Waals surface area contributed by atoms with Gasteiger partial charge in [-0.1, -0.05) is 19.4 Å². The molecule has 182 valence electrons. The maximum absolute atomic E-state index is 13.0. The Morgan fingerprint density at radius 2 is 1.85 bits per heavy atom. The molecule has 10 nitrogen and oxygen atoms in total. The number of rotatable bonds is 9. The van der Waals surface area contributed by atoms with Crippen molar-refractivity contribution in [1.82, 2.24) is 5.32 Å². The first-order valence-electron chi connectivity index (χ1n) is 11.0. The summed E-state index contributed by atoms with van der Waals surface area (Å²) in [7, 11) is -3.79. The van der Waals surface area contributed by atoms with Crippen LogP contribution in [-0.2, 0) is 14.6 Å². The van der Waals surface area contributed by atoms with Gasteiger partial charge >= 0.3 is 0 Å². The molecule has 34 heavy (non-hydrogen) atoms. The van der Waals surface area contributed by atoms with Crippen LogP contribution in [0.25, 0.3) is 0 Å². The third kappa shape index (κ3) is 6.31. The van der Waals surface area contributed by atoms with Gasteiger partial charge in [0.1, 0.15) is 6.04 Å². The molecular formula is C23H28N4O6S. The lowest BCUT2D eigenvalue weighted by molar-refractivity contribution is -0.385. The second kappa shape index (κ2) is 10.6. The molecule has 2 amide bonds. The number of carbonyl (C=O) groups excluding carboxylic acids is 2. The van der Waals surface area contributed by atoms with Gasteiger partial charge in [0.2, 0.25) is 5.91 Å². The molecule has 0 saturated carbocycles. The largest absolute Gasteiger partial charge is 0.371 e. The molecule has 3 rings (SSSR count). The van der Waals surface area contributed by atoms with Gasteiger partial charge in [-0.05, 0) is 43.5 Å². The van der Waals surface area contributed by atoms with Crippen molar-refractivity contribution in [1.29, 1.82) is 0 Å². The Bertz CT molecular complexity index is 1190. The Hall–Kier alpha value is -3.47. The molecule has 1 heterocycles. The summed E-state index contributed by atoms with van der Waals surface area (Å²) in [6.07, 6.45) is 4.07. The van der Waals surface area contributed by atoms with Gasteiger partial charge in [0, 0.05) is 48.4 Å². The summed E-state index contributed by atoms with van der Waals surface area (Å²) in [4.78, 5) is 38.2. The lowest BCUT2D eigenvalue weighted by atomic mass is 10.1. The standard InChI is InChI=1S/C23H28N4O6S/c1-3-7-21(23(29)24-17-8-6-9-18(14-17)26-10-4-5-11-26)25-22(28)16-12-19(27(30)31)15-20(13-16)34(2,32)33/h6,8-9,12-15,21H,3-5,7,10-11H2,1-2H3,(H,24,29)(H,25,28). The fraction of sp³-hybridized carbons (Fsp3) is 0.391. The van der Waals surface area contributed by atoms with E-state index < -0.39 is 38.3 Å². The first kappa shape index (κ1) is 25.2. The van der Waals surface area contributed by atoms with Crippen molar-refractivity contribution in [2.24, 2.45) is 0 Å². The van der Waals surface area contributed by atoms with Crippen molar-refractivity contribution in [2.75, 3.05) is 29.6 Å². The van der Waals surface area contributed by atoms with Gasteiger partial charge in [0.15, 0.2) is 9.84 Å². The highest BCUT2D eigenvalue weighted by Crippen LogP contribution is 2.24. The number of benzene rings is 2. The van der Waals surface area contributed by atoms with E-state index in [-0.39, 0.29) is 10.5 Å². The molecule has 1 aliphatic heterocycles. The zero-order valence-electron chi connectivity index (χ0n) is 19.1. The Morgan fingerprint density at radius 3 is 2.47 bits per heavy atom. The first-order chi connectivity index (χ1) is 16.1. The number of hydrogen-bond donors (Lipinski definition) is 2. The molecule has 1 fully saturated rings. The minimum Gasteiger partial charge on any atom is -0.371 e. The number of nitrogens with zero attached hydrogens (tertiary/aromatic N) is 2. The normalized spacial score (nSPS) is 14.5. The number of amides is 2. The zero-order valence-corrected chi connectivity index (χ0v) is 19.9. The fourth-order valence-corrected chi connectivity index (χ4v) is 4.49. The molecule has 2 aromatic carbocycles. The van der Waals surface area contributed by atoms with Crippen molar-refractivity contribution in [3.05, 3.63) is 58.1 Å². The van der Waals surface area contributed by atoms with E-state index >= 15 is 0 Å². The van der Waals surface area contributed by atoms with E-state index in [0.29, 0.717) is 18.5 Å². The van der Waals surface area contributed by atoms with E-state index in [9.17, 15) is 28.1 Å². The van der Waals surface area contributed by atoms with Crippen LogP contribution in [0.3, 0.4) is 0 Å². The van der Waals surface area contributed by atoms with Crippen LogP contribution in [-0.4, -0.2) is 50.5 Å². The number of non-ortho nitro benzene ring substituents is 1. The fourth-order valence-electron chi connectivity index (χ4n) is 3.82. The van der Waals surface area contributed by atoms with E-state index in [4.69, 9.17) is 0 Å². The highest BCUT2D eigenvalue weighted by Gasteiger charge is 2.24. The highest BCUT2D eigenvalue weighted by molar-refractivity contribution is 7.90. The molecule has 0 bridgehead atoms. The van der Waals surface area contributed by atoms with Crippen LogP contribution in [0.5, 0.6) is 0 Å². The molecule has 2 N–H and O–H groups in total. The molecule has 0 spiro atoms. The van der Waals surface area contributed by atoms with Crippen molar-refractivity contribution >= 4 is 38.7 Å². The van der Waals surface area contributed by atoms with Gasteiger partial charge in [-0.2, -0.15) is 0 Å². The Balaban J connectivity index is 1.79. The topological polar surface area (TPSA) is 139 Å². The first-order valence-corrected chi connectivity index (χ1v) is 12.9. The minimum absolute atomic E-state index is 0.209. The zero-order chi connectivity index (χ0) is 24.9. The lowest BCUT2D eigenvalue weighted by Gasteiger charge is -2.20. The van der Waals surface area contributed by atoms with Crippen molar-refractivity contribution in [2.45, 2.75) is 43.5 Å². The van der Waals surface area contributed by atoms with Crippen LogP contribution < -0.4 is 15.5 Å². The third-order valence-electron chi connectivity index (χ3n) is 5.58. The SMILES string of the molecule is CCCC(NC(=O)c1cc([N+](=O)[O-])cc(S(C)(=O)=O)c1)C(=O)Nc1cccc(N2CCCC2)c1. The smallest absolute Gasteiger partial charge is 0.271 e. The Labute approximate surface area is 198 Å². The average Bonchev–Trinajstić information content (AvgIpc) is 3.33. The summed E-state index contributed by atoms with van der Waals surface area (Å²) >= 11 is 0. The molecule has 11 heteroatoms. The van der Waals surface area contributed by atoms with E-state index in [0.717, 1.165) is 56.1 Å². The van der Waals surface area contributed by atoms with E-state index in [1.807, 2.05) is 25.1 Å². The maximum atomic E-state index is 13.0. The van der Waals surface area contributed by atoms with E-state index in [1.54, 1.807) is 6.07 Å². The molecule has 1 saturated heterocycles. The second-order valence-corrected chi connectivity index (χ2v) is 10.3. The monoisotopic (exact) mass is 488 g/mol. The Kier molecular flexibility index (Phi) is 7.87. The highest BCUT2D eigenvalue weighted by atomic mass is 32.2. The van der Waals surface area contributed by atoms with Crippen LogP contribution in [0, 0.1) is 10.1 Å². The summed E-state index contributed by atoms with van der Waals surface area (Å²) in [6.45, 7) is 3.78. The quantitative estimate of drug-likeness (QED) is 0.408. The number of carbonyl (C=O) groups is 2. The van der Waals surface area contributed by atoms with Gasteiger partial charge in [-0.3, -0.25) is 19.7 Å². The van der Waals surface area contributed by atoms with Gasteiger partial charge in [-0.25, -0.2) is 8.42 Å².